The van der Waals surface area contributed by atoms with Crippen LogP contribution in [0, 0.1) is 0 Å². The first-order valence-electron chi connectivity index (χ1n) is 7.74. The van der Waals surface area contributed by atoms with Crippen LogP contribution in [0.2, 0.25) is 0 Å². The van der Waals surface area contributed by atoms with Crippen molar-refractivity contribution in [2.75, 3.05) is 13.2 Å². The van der Waals surface area contributed by atoms with Crippen LogP contribution in [0.15, 0.2) is 36.4 Å². The van der Waals surface area contributed by atoms with Crippen molar-refractivity contribution in [3.05, 3.63) is 42.0 Å². The molecule has 1 fully saturated rings. The van der Waals surface area contributed by atoms with E-state index in [0.29, 0.717) is 0 Å². The normalized spacial score (nSPS) is 26.6. The summed E-state index contributed by atoms with van der Waals surface area (Å²) in [6.45, 7) is -0.256. The highest BCUT2D eigenvalue weighted by molar-refractivity contribution is 6.01. The summed E-state index contributed by atoms with van der Waals surface area (Å²) in [6, 6.07) is 9.29. The SMILES string of the molecule is O=C(NC[C@@H]1N[C@H](CO)[C@H](O)[C@@H]1O)c1cc2ccccc2cc1O. The minimum absolute atomic E-state index is 0.0554. The van der Waals surface area contributed by atoms with Crippen LogP contribution >= 0.6 is 0 Å². The third-order valence-electron chi connectivity index (χ3n) is 4.39. The first-order valence-corrected chi connectivity index (χ1v) is 7.74. The van der Waals surface area contributed by atoms with Crippen molar-refractivity contribution in [3.63, 3.8) is 0 Å². The molecule has 128 valence electrons. The van der Waals surface area contributed by atoms with E-state index < -0.39 is 30.2 Å². The average Bonchev–Trinajstić information content (AvgIpc) is 2.86. The van der Waals surface area contributed by atoms with Gasteiger partial charge in [0, 0.05) is 6.54 Å². The number of phenols is 1. The summed E-state index contributed by atoms with van der Waals surface area (Å²) in [6.07, 6.45) is -2.18. The van der Waals surface area contributed by atoms with Gasteiger partial charge >= 0.3 is 0 Å². The Morgan fingerprint density at radius 3 is 2.33 bits per heavy atom. The molecular weight excluding hydrogens is 312 g/mol. The highest BCUT2D eigenvalue weighted by atomic mass is 16.3. The van der Waals surface area contributed by atoms with Gasteiger partial charge in [-0.15, -0.1) is 0 Å². The highest BCUT2D eigenvalue weighted by Crippen LogP contribution is 2.25. The molecule has 1 aliphatic heterocycles. The number of aliphatic hydroxyl groups excluding tert-OH is 3. The minimum Gasteiger partial charge on any atom is -0.507 e. The summed E-state index contributed by atoms with van der Waals surface area (Å²) in [5.74, 6) is -0.603. The maximum Gasteiger partial charge on any atom is 0.255 e. The van der Waals surface area contributed by atoms with Gasteiger partial charge in [0.2, 0.25) is 0 Å². The van der Waals surface area contributed by atoms with E-state index in [-0.39, 0.29) is 24.5 Å². The topological polar surface area (TPSA) is 122 Å². The second kappa shape index (κ2) is 6.74. The standard InChI is InChI=1S/C17H20N2O5/c20-8-13-16(23)15(22)12(19-13)7-18-17(24)11-5-9-3-1-2-4-10(9)6-14(11)21/h1-6,12-13,15-16,19-23H,7-8H2,(H,18,24)/t12-,13+,15+,16-/m0/s1. The van der Waals surface area contributed by atoms with Crippen molar-refractivity contribution >= 4 is 16.7 Å². The lowest BCUT2D eigenvalue weighted by atomic mass is 10.0. The predicted molar refractivity (Wildman–Crippen MR) is 87.8 cm³/mol. The molecule has 2 aromatic carbocycles. The highest BCUT2D eigenvalue weighted by Gasteiger charge is 2.40. The van der Waals surface area contributed by atoms with Gasteiger partial charge in [0.15, 0.2) is 0 Å². The number of carbonyl (C=O) groups is 1. The van der Waals surface area contributed by atoms with Crippen LogP contribution in [-0.4, -0.2) is 63.8 Å². The Balaban J connectivity index is 1.70. The number of rotatable bonds is 4. The van der Waals surface area contributed by atoms with E-state index in [1.165, 1.54) is 6.07 Å². The number of hydrogen-bond acceptors (Lipinski definition) is 6. The van der Waals surface area contributed by atoms with Gasteiger partial charge in [0.1, 0.15) is 5.75 Å². The number of benzene rings is 2. The zero-order valence-electron chi connectivity index (χ0n) is 12.9. The van der Waals surface area contributed by atoms with Gasteiger partial charge in [-0.05, 0) is 22.9 Å². The number of aromatic hydroxyl groups is 1. The number of carbonyl (C=O) groups excluding carboxylic acids is 1. The summed E-state index contributed by atoms with van der Waals surface area (Å²) in [4.78, 5) is 12.3. The zero-order chi connectivity index (χ0) is 17.3. The fraction of sp³-hybridized carbons (Fsp3) is 0.353. The van der Waals surface area contributed by atoms with Crippen molar-refractivity contribution in [3.8, 4) is 5.75 Å². The van der Waals surface area contributed by atoms with Crippen LogP contribution in [0.3, 0.4) is 0 Å². The molecular formula is C17H20N2O5. The minimum atomic E-state index is -1.09. The van der Waals surface area contributed by atoms with Gasteiger partial charge in [0.25, 0.3) is 5.91 Å². The number of amides is 1. The molecule has 1 saturated heterocycles. The molecule has 24 heavy (non-hydrogen) atoms. The maximum absolute atomic E-state index is 12.3. The Morgan fingerprint density at radius 1 is 1.08 bits per heavy atom. The van der Waals surface area contributed by atoms with Crippen molar-refractivity contribution in [2.24, 2.45) is 0 Å². The molecule has 2 aromatic rings. The molecule has 4 atom stereocenters. The summed E-state index contributed by atoms with van der Waals surface area (Å²) in [5, 5.41) is 46.0. The van der Waals surface area contributed by atoms with Crippen molar-refractivity contribution in [1.29, 1.82) is 0 Å². The van der Waals surface area contributed by atoms with Gasteiger partial charge in [-0.2, -0.15) is 0 Å². The van der Waals surface area contributed by atoms with E-state index in [1.54, 1.807) is 6.07 Å². The van der Waals surface area contributed by atoms with Gasteiger partial charge in [-0.3, -0.25) is 4.79 Å². The van der Waals surface area contributed by atoms with Crippen molar-refractivity contribution < 1.29 is 25.2 Å². The van der Waals surface area contributed by atoms with E-state index >= 15 is 0 Å². The maximum atomic E-state index is 12.3. The fourth-order valence-corrected chi connectivity index (χ4v) is 3.00. The van der Waals surface area contributed by atoms with Crippen LogP contribution in [0.25, 0.3) is 10.8 Å². The fourth-order valence-electron chi connectivity index (χ4n) is 3.00. The second-order valence-electron chi connectivity index (χ2n) is 5.97. The summed E-state index contributed by atoms with van der Waals surface area (Å²) >= 11 is 0. The Labute approximate surface area is 138 Å². The van der Waals surface area contributed by atoms with Crippen LogP contribution in [0.5, 0.6) is 5.75 Å². The summed E-state index contributed by atoms with van der Waals surface area (Å²) in [7, 11) is 0. The lowest BCUT2D eigenvalue weighted by Crippen LogP contribution is -2.44. The predicted octanol–water partition coefficient (Wildman–Crippen LogP) is -0.670. The van der Waals surface area contributed by atoms with Crippen LogP contribution in [-0.2, 0) is 0 Å². The molecule has 0 unspecified atom stereocenters. The molecule has 0 aliphatic carbocycles. The van der Waals surface area contributed by atoms with Crippen molar-refractivity contribution in [1.82, 2.24) is 10.6 Å². The number of fused-ring (bicyclic) bond motifs is 1. The smallest absolute Gasteiger partial charge is 0.255 e. The second-order valence-corrected chi connectivity index (χ2v) is 5.97. The first kappa shape index (κ1) is 16.7. The number of nitrogens with one attached hydrogen (secondary N) is 2. The Hall–Kier alpha value is -2.19. The van der Waals surface area contributed by atoms with Crippen molar-refractivity contribution in [2.45, 2.75) is 24.3 Å². The van der Waals surface area contributed by atoms with Gasteiger partial charge in [-0.1, -0.05) is 24.3 Å². The molecule has 0 spiro atoms. The summed E-state index contributed by atoms with van der Waals surface area (Å²) in [5.41, 5.74) is 0.139. The third-order valence-corrected chi connectivity index (χ3v) is 4.39. The van der Waals surface area contributed by atoms with E-state index in [9.17, 15) is 20.1 Å². The van der Waals surface area contributed by atoms with E-state index in [2.05, 4.69) is 10.6 Å². The molecule has 7 nitrogen and oxygen atoms in total. The molecule has 1 heterocycles. The Bertz CT molecular complexity index is 751. The monoisotopic (exact) mass is 332 g/mol. The first-order chi connectivity index (χ1) is 11.5. The van der Waals surface area contributed by atoms with Crippen LogP contribution in [0.1, 0.15) is 10.4 Å². The molecule has 0 bridgehead atoms. The lowest BCUT2D eigenvalue weighted by Gasteiger charge is -2.17. The van der Waals surface area contributed by atoms with E-state index in [4.69, 9.17) is 5.11 Å². The molecule has 0 radical (unpaired) electrons. The average molecular weight is 332 g/mol. The Kier molecular flexibility index (Phi) is 4.68. The molecule has 0 aromatic heterocycles. The van der Waals surface area contributed by atoms with Crippen LogP contribution in [0.4, 0.5) is 0 Å². The number of aliphatic hydroxyl groups is 3. The largest absolute Gasteiger partial charge is 0.507 e. The van der Waals surface area contributed by atoms with Gasteiger partial charge < -0.3 is 31.1 Å². The van der Waals surface area contributed by atoms with Gasteiger partial charge in [-0.25, -0.2) is 0 Å². The molecule has 6 N–H and O–H groups in total. The van der Waals surface area contributed by atoms with Gasteiger partial charge in [0.05, 0.1) is 36.5 Å². The molecule has 1 amide bonds. The van der Waals surface area contributed by atoms with Crippen LogP contribution < -0.4 is 10.6 Å². The molecule has 1 aliphatic rings. The third kappa shape index (κ3) is 3.07. The zero-order valence-corrected chi connectivity index (χ0v) is 12.9. The summed E-state index contributed by atoms with van der Waals surface area (Å²) < 4.78 is 0. The molecule has 7 heteroatoms. The quantitative estimate of drug-likeness (QED) is 0.442. The lowest BCUT2D eigenvalue weighted by molar-refractivity contribution is 0.0197. The Morgan fingerprint density at radius 2 is 1.71 bits per heavy atom. The number of phenolic OH excluding ortho intramolecular Hbond substituents is 1. The molecule has 3 rings (SSSR count). The number of hydrogen-bond donors (Lipinski definition) is 6. The van der Waals surface area contributed by atoms with E-state index in [0.717, 1.165) is 10.8 Å². The van der Waals surface area contributed by atoms with E-state index in [1.807, 2.05) is 24.3 Å². The molecule has 0 saturated carbocycles.